The summed E-state index contributed by atoms with van der Waals surface area (Å²) in [7, 11) is 0. The van der Waals surface area contributed by atoms with Gasteiger partial charge in [-0.1, -0.05) is 33.1 Å². The van der Waals surface area contributed by atoms with Crippen LogP contribution in [0.15, 0.2) is 0 Å². The summed E-state index contributed by atoms with van der Waals surface area (Å²) in [4.78, 5) is 0. The van der Waals surface area contributed by atoms with Gasteiger partial charge in [-0.25, -0.2) is 0 Å². The normalized spacial score (nSPS) is 22.5. The largest absolute Gasteiger partial charge is 0.197 e. The summed E-state index contributed by atoms with van der Waals surface area (Å²) in [5.41, 5.74) is 0. The van der Waals surface area contributed by atoms with Crippen molar-refractivity contribution in [3.8, 4) is 6.07 Å². The Bertz CT molecular complexity index is 179. The molecule has 1 fully saturated rings. The number of nitriles is 1. The molecular formula is C11H19NS. The summed E-state index contributed by atoms with van der Waals surface area (Å²) >= 11 is 1.92. The molecule has 1 aliphatic rings. The molecular weight excluding hydrogens is 178 g/mol. The zero-order valence-corrected chi connectivity index (χ0v) is 9.44. The van der Waals surface area contributed by atoms with Crippen LogP contribution >= 0.6 is 11.8 Å². The summed E-state index contributed by atoms with van der Waals surface area (Å²) in [5, 5.41) is 10.0. The zero-order valence-electron chi connectivity index (χ0n) is 8.62. The first-order chi connectivity index (χ1) is 6.27. The molecule has 0 amide bonds. The Morgan fingerprint density at radius 1 is 1.46 bits per heavy atom. The smallest absolute Gasteiger partial charge is 0.0944 e. The second kappa shape index (κ2) is 5.54. The van der Waals surface area contributed by atoms with E-state index in [9.17, 15) is 0 Å². The van der Waals surface area contributed by atoms with Gasteiger partial charge in [-0.05, 0) is 18.8 Å². The topological polar surface area (TPSA) is 23.8 Å². The minimum absolute atomic E-state index is 0.230. The molecule has 1 saturated carbocycles. The minimum atomic E-state index is 0.230. The van der Waals surface area contributed by atoms with Crippen molar-refractivity contribution in [3.05, 3.63) is 0 Å². The molecule has 0 aromatic heterocycles. The molecule has 74 valence electrons. The SMILES string of the molecule is CCC(C)C(C#N)SC1CCCC1. The molecule has 0 spiro atoms. The highest BCUT2D eigenvalue weighted by Crippen LogP contribution is 2.35. The van der Waals surface area contributed by atoms with Crippen molar-refractivity contribution >= 4 is 11.8 Å². The Hall–Kier alpha value is -0.160. The Kier molecular flexibility index (Phi) is 4.66. The van der Waals surface area contributed by atoms with Gasteiger partial charge in [0.1, 0.15) is 0 Å². The van der Waals surface area contributed by atoms with Gasteiger partial charge in [0, 0.05) is 5.25 Å². The van der Waals surface area contributed by atoms with E-state index in [1.54, 1.807) is 0 Å². The molecule has 1 nitrogen and oxygen atoms in total. The Morgan fingerprint density at radius 3 is 2.54 bits per heavy atom. The second-order valence-corrected chi connectivity index (χ2v) is 5.42. The third kappa shape index (κ3) is 3.23. The molecule has 0 N–H and O–H groups in total. The second-order valence-electron chi connectivity index (χ2n) is 3.98. The van der Waals surface area contributed by atoms with Crippen LogP contribution in [0.5, 0.6) is 0 Å². The van der Waals surface area contributed by atoms with E-state index >= 15 is 0 Å². The van der Waals surface area contributed by atoms with Crippen molar-refractivity contribution in [2.24, 2.45) is 5.92 Å². The standard InChI is InChI=1S/C11H19NS/c1-3-9(2)11(8-12)13-10-6-4-5-7-10/h9-11H,3-7H2,1-2H3. The maximum atomic E-state index is 9.02. The summed E-state index contributed by atoms with van der Waals surface area (Å²) in [6, 6.07) is 2.44. The van der Waals surface area contributed by atoms with Crippen LogP contribution in [0, 0.1) is 17.2 Å². The molecule has 2 heteroatoms. The molecule has 13 heavy (non-hydrogen) atoms. The van der Waals surface area contributed by atoms with Crippen LogP contribution in [0.25, 0.3) is 0 Å². The quantitative estimate of drug-likeness (QED) is 0.687. The highest BCUT2D eigenvalue weighted by atomic mass is 32.2. The lowest BCUT2D eigenvalue weighted by Gasteiger charge is -2.18. The van der Waals surface area contributed by atoms with Gasteiger partial charge >= 0.3 is 0 Å². The Balaban J connectivity index is 2.35. The maximum Gasteiger partial charge on any atom is 0.0944 e. The first kappa shape index (κ1) is 10.9. The van der Waals surface area contributed by atoms with E-state index in [0.29, 0.717) is 5.92 Å². The zero-order chi connectivity index (χ0) is 9.68. The van der Waals surface area contributed by atoms with Crippen LogP contribution in [-0.2, 0) is 0 Å². The first-order valence-corrected chi connectivity index (χ1v) is 6.27. The number of hydrogen-bond donors (Lipinski definition) is 0. The van der Waals surface area contributed by atoms with Crippen molar-refractivity contribution < 1.29 is 0 Å². The lowest BCUT2D eigenvalue weighted by Crippen LogP contribution is -2.14. The fourth-order valence-electron chi connectivity index (χ4n) is 1.74. The molecule has 0 aromatic carbocycles. The molecule has 1 rings (SSSR count). The van der Waals surface area contributed by atoms with Gasteiger partial charge in [0.15, 0.2) is 0 Å². The third-order valence-electron chi connectivity index (χ3n) is 2.93. The third-order valence-corrected chi connectivity index (χ3v) is 4.65. The van der Waals surface area contributed by atoms with Crippen molar-refractivity contribution in [1.29, 1.82) is 5.26 Å². The predicted molar refractivity (Wildman–Crippen MR) is 58.7 cm³/mol. The summed E-state index contributed by atoms with van der Waals surface area (Å²) < 4.78 is 0. The van der Waals surface area contributed by atoms with Gasteiger partial charge < -0.3 is 0 Å². The van der Waals surface area contributed by atoms with Crippen molar-refractivity contribution in [3.63, 3.8) is 0 Å². The Labute approximate surface area is 85.9 Å². The molecule has 2 unspecified atom stereocenters. The van der Waals surface area contributed by atoms with Crippen LogP contribution in [0.2, 0.25) is 0 Å². The van der Waals surface area contributed by atoms with Gasteiger partial charge in [-0.2, -0.15) is 5.26 Å². The molecule has 0 saturated heterocycles. The van der Waals surface area contributed by atoms with Crippen molar-refractivity contribution in [2.75, 3.05) is 0 Å². The average molecular weight is 197 g/mol. The van der Waals surface area contributed by atoms with E-state index in [1.807, 2.05) is 11.8 Å². The monoisotopic (exact) mass is 197 g/mol. The number of hydrogen-bond acceptors (Lipinski definition) is 2. The fraction of sp³-hybridized carbons (Fsp3) is 0.909. The maximum absolute atomic E-state index is 9.02. The molecule has 0 heterocycles. The van der Waals surface area contributed by atoms with E-state index in [1.165, 1.54) is 25.7 Å². The molecule has 1 aliphatic carbocycles. The van der Waals surface area contributed by atoms with Gasteiger partial charge in [0.05, 0.1) is 11.3 Å². The van der Waals surface area contributed by atoms with Crippen molar-refractivity contribution in [2.45, 2.75) is 56.5 Å². The molecule has 0 aromatic rings. The molecule has 0 bridgehead atoms. The number of thioether (sulfide) groups is 1. The summed E-state index contributed by atoms with van der Waals surface area (Å²) in [6.45, 7) is 4.36. The van der Waals surface area contributed by atoms with Crippen LogP contribution in [0.1, 0.15) is 46.0 Å². The van der Waals surface area contributed by atoms with E-state index in [-0.39, 0.29) is 5.25 Å². The molecule has 0 radical (unpaired) electrons. The van der Waals surface area contributed by atoms with Gasteiger partial charge in [-0.3, -0.25) is 0 Å². The fourth-order valence-corrected chi connectivity index (χ4v) is 3.28. The highest BCUT2D eigenvalue weighted by molar-refractivity contribution is 8.00. The van der Waals surface area contributed by atoms with Crippen LogP contribution in [-0.4, -0.2) is 10.5 Å². The van der Waals surface area contributed by atoms with Gasteiger partial charge in [-0.15, -0.1) is 11.8 Å². The van der Waals surface area contributed by atoms with E-state index < -0.39 is 0 Å². The lowest BCUT2D eigenvalue weighted by molar-refractivity contribution is 0.587. The van der Waals surface area contributed by atoms with Gasteiger partial charge in [0.2, 0.25) is 0 Å². The summed E-state index contributed by atoms with van der Waals surface area (Å²) in [6.07, 6.45) is 6.53. The van der Waals surface area contributed by atoms with E-state index in [0.717, 1.165) is 11.7 Å². The van der Waals surface area contributed by atoms with Crippen LogP contribution in [0.3, 0.4) is 0 Å². The summed E-state index contributed by atoms with van der Waals surface area (Å²) in [5.74, 6) is 0.551. The van der Waals surface area contributed by atoms with E-state index in [2.05, 4.69) is 19.9 Å². The van der Waals surface area contributed by atoms with Gasteiger partial charge in [0.25, 0.3) is 0 Å². The number of rotatable bonds is 4. The number of nitrogens with zero attached hydrogens (tertiary/aromatic N) is 1. The first-order valence-electron chi connectivity index (χ1n) is 5.33. The van der Waals surface area contributed by atoms with E-state index in [4.69, 9.17) is 5.26 Å². The lowest BCUT2D eigenvalue weighted by atomic mass is 10.1. The molecule has 2 atom stereocenters. The average Bonchev–Trinajstić information content (AvgIpc) is 2.65. The highest BCUT2D eigenvalue weighted by Gasteiger charge is 2.23. The molecule has 0 aliphatic heterocycles. The minimum Gasteiger partial charge on any atom is -0.197 e. The Morgan fingerprint density at radius 2 is 2.08 bits per heavy atom. The predicted octanol–water partition coefficient (Wildman–Crippen LogP) is 3.60. The van der Waals surface area contributed by atoms with Crippen LogP contribution < -0.4 is 0 Å². The van der Waals surface area contributed by atoms with Crippen LogP contribution in [0.4, 0.5) is 0 Å². The van der Waals surface area contributed by atoms with Crippen molar-refractivity contribution in [1.82, 2.24) is 0 Å².